The van der Waals surface area contributed by atoms with Gasteiger partial charge in [-0.25, -0.2) is 0 Å². The van der Waals surface area contributed by atoms with Gasteiger partial charge in [0.05, 0.1) is 18.0 Å². The molecule has 1 heterocycles. The number of nitrogens with zero attached hydrogens (tertiary/aromatic N) is 1. The third-order valence-electron chi connectivity index (χ3n) is 1.91. The summed E-state index contributed by atoms with van der Waals surface area (Å²) >= 11 is 0. The Hall–Kier alpha value is -2.04. The van der Waals surface area contributed by atoms with Gasteiger partial charge in [-0.3, -0.25) is 4.79 Å². The number of rotatable bonds is 1. The lowest BCUT2D eigenvalue weighted by Crippen LogP contribution is -2.09. The number of benzene rings is 1. The molecule has 2 aromatic rings. The first kappa shape index (κ1) is 8.55. The van der Waals surface area contributed by atoms with Crippen LogP contribution in [0.1, 0.15) is 0 Å². The Kier molecular flexibility index (Phi) is 1.85. The van der Waals surface area contributed by atoms with Crippen molar-refractivity contribution in [2.24, 2.45) is 0 Å². The van der Waals surface area contributed by atoms with E-state index in [2.05, 4.69) is 9.97 Å². The fourth-order valence-corrected chi connectivity index (χ4v) is 1.24. The lowest BCUT2D eigenvalue weighted by molar-refractivity contribution is 0.380. The Morgan fingerprint density at radius 2 is 2.29 bits per heavy atom. The molecule has 0 saturated heterocycles. The molecule has 0 spiro atoms. The molecule has 1 aromatic carbocycles. The van der Waals surface area contributed by atoms with Gasteiger partial charge in [0.25, 0.3) is 11.6 Å². The van der Waals surface area contributed by atoms with Crippen LogP contribution in [0.5, 0.6) is 6.01 Å². The summed E-state index contributed by atoms with van der Waals surface area (Å²) < 4.78 is 4.84. The van der Waals surface area contributed by atoms with E-state index in [1.165, 1.54) is 7.11 Å². The predicted octanol–water partition coefficient (Wildman–Crippen LogP) is 0.514. The maximum atomic E-state index is 11.4. The lowest BCUT2D eigenvalue weighted by Gasteiger charge is -2.01. The second-order valence-corrected chi connectivity index (χ2v) is 2.86. The molecule has 1 aromatic heterocycles. The van der Waals surface area contributed by atoms with Crippen molar-refractivity contribution in [3.05, 3.63) is 28.6 Å². The van der Waals surface area contributed by atoms with E-state index in [4.69, 9.17) is 10.5 Å². The zero-order valence-electron chi connectivity index (χ0n) is 7.57. The molecule has 5 heteroatoms. The molecule has 14 heavy (non-hydrogen) atoms. The van der Waals surface area contributed by atoms with Gasteiger partial charge in [0.2, 0.25) is 0 Å². The van der Waals surface area contributed by atoms with Crippen molar-refractivity contribution in [2.75, 3.05) is 12.8 Å². The molecule has 0 bridgehead atoms. The first-order valence-electron chi connectivity index (χ1n) is 4.04. The van der Waals surface area contributed by atoms with Gasteiger partial charge >= 0.3 is 0 Å². The van der Waals surface area contributed by atoms with E-state index in [-0.39, 0.29) is 11.6 Å². The maximum Gasteiger partial charge on any atom is 0.297 e. The van der Waals surface area contributed by atoms with Crippen molar-refractivity contribution < 1.29 is 4.74 Å². The summed E-state index contributed by atoms with van der Waals surface area (Å²) in [7, 11) is 1.45. The van der Waals surface area contributed by atoms with Crippen LogP contribution in [0.25, 0.3) is 10.9 Å². The van der Waals surface area contributed by atoms with Crippen LogP contribution < -0.4 is 16.0 Å². The van der Waals surface area contributed by atoms with E-state index in [9.17, 15) is 4.79 Å². The molecular formula is C9H9N3O2. The van der Waals surface area contributed by atoms with E-state index >= 15 is 0 Å². The second-order valence-electron chi connectivity index (χ2n) is 2.86. The first-order chi connectivity index (χ1) is 6.70. The number of aromatic amines is 1. The van der Waals surface area contributed by atoms with Crippen LogP contribution in [0.15, 0.2) is 23.0 Å². The highest BCUT2D eigenvalue weighted by atomic mass is 16.5. The molecule has 0 radical (unpaired) electrons. The number of hydrogen-bond acceptors (Lipinski definition) is 4. The topological polar surface area (TPSA) is 81.0 Å². The van der Waals surface area contributed by atoms with Crippen molar-refractivity contribution in [3.63, 3.8) is 0 Å². The number of anilines is 1. The normalized spacial score (nSPS) is 10.4. The zero-order valence-corrected chi connectivity index (χ0v) is 7.57. The molecule has 0 amide bonds. The quantitative estimate of drug-likeness (QED) is 0.643. The van der Waals surface area contributed by atoms with Crippen LogP contribution >= 0.6 is 0 Å². The number of methoxy groups -OCH3 is 1. The van der Waals surface area contributed by atoms with Gasteiger partial charge in [-0.15, -0.1) is 0 Å². The van der Waals surface area contributed by atoms with Crippen LogP contribution in [0.4, 0.5) is 5.69 Å². The van der Waals surface area contributed by atoms with Crippen molar-refractivity contribution in [1.29, 1.82) is 0 Å². The molecule has 0 fully saturated rings. The largest absolute Gasteiger partial charge is 0.468 e. The Morgan fingerprint density at radius 3 is 3.00 bits per heavy atom. The van der Waals surface area contributed by atoms with Gasteiger partial charge in [-0.1, -0.05) is 0 Å². The highest BCUT2D eigenvalue weighted by Crippen LogP contribution is 2.12. The van der Waals surface area contributed by atoms with Gasteiger partial charge < -0.3 is 15.5 Å². The second kappa shape index (κ2) is 3.02. The van der Waals surface area contributed by atoms with Gasteiger partial charge in [0.1, 0.15) is 0 Å². The van der Waals surface area contributed by atoms with Gasteiger partial charge in [0.15, 0.2) is 0 Å². The van der Waals surface area contributed by atoms with Crippen LogP contribution in [0, 0.1) is 0 Å². The average molecular weight is 191 g/mol. The Bertz CT molecular complexity index is 533. The molecule has 0 aliphatic heterocycles. The van der Waals surface area contributed by atoms with Crippen molar-refractivity contribution in [1.82, 2.24) is 9.97 Å². The summed E-state index contributed by atoms with van der Waals surface area (Å²) in [6.45, 7) is 0. The molecule has 5 nitrogen and oxygen atoms in total. The van der Waals surface area contributed by atoms with Crippen molar-refractivity contribution in [2.45, 2.75) is 0 Å². The minimum Gasteiger partial charge on any atom is -0.468 e. The summed E-state index contributed by atoms with van der Waals surface area (Å²) in [6, 6.07) is 5.21. The highest BCUT2D eigenvalue weighted by molar-refractivity contribution is 5.81. The highest BCUT2D eigenvalue weighted by Gasteiger charge is 2.03. The summed E-state index contributed by atoms with van der Waals surface area (Å²) in [5.74, 6) is 0. The smallest absolute Gasteiger partial charge is 0.297 e. The summed E-state index contributed by atoms with van der Waals surface area (Å²) in [5.41, 5.74) is 6.41. The minimum atomic E-state index is -0.345. The van der Waals surface area contributed by atoms with E-state index < -0.39 is 0 Å². The zero-order chi connectivity index (χ0) is 10.1. The fraction of sp³-hybridized carbons (Fsp3) is 0.111. The van der Waals surface area contributed by atoms with Crippen LogP contribution in [-0.4, -0.2) is 17.1 Å². The minimum absolute atomic E-state index is 0.201. The third-order valence-corrected chi connectivity index (χ3v) is 1.91. The Balaban J connectivity index is 2.83. The average Bonchev–Trinajstić information content (AvgIpc) is 2.19. The third kappa shape index (κ3) is 1.28. The predicted molar refractivity (Wildman–Crippen MR) is 53.3 cm³/mol. The molecule has 72 valence electrons. The molecule has 0 aliphatic carbocycles. The number of nitrogens with two attached hydrogens (primary N) is 1. The van der Waals surface area contributed by atoms with E-state index in [1.807, 2.05) is 0 Å². The molecular weight excluding hydrogens is 182 g/mol. The van der Waals surface area contributed by atoms with E-state index in [1.54, 1.807) is 18.2 Å². The number of nitrogen functional groups attached to an aromatic ring is 1. The molecule has 0 atom stereocenters. The molecule has 0 aliphatic rings. The maximum absolute atomic E-state index is 11.4. The monoisotopic (exact) mass is 191 g/mol. The number of nitrogens with one attached hydrogen (secondary N) is 1. The standard InChI is InChI=1S/C9H9N3O2/c1-14-9-11-7-3-2-5(10)4-6(7)8(13)12-9/h2-4H,10H2,1H3,(H,11,12,13). The lowest BCUT2D eigenvalue weighted by atomic mass is 10.2. The van der Waals surface area contributed by atoms with Crippen LogP contribution in [-0.2, 0) is 0 Å². The van der Waals surface area contributed by atoms with Crippen molar-refractivity contribution in [3.8, 4) is 6.01 Å². The molecule has 2 rings (SSSR count). The van der Waals surface area contributed by atoms with Gasteiger partial charge in [-0.05, 0) is 18.2 Å². The molecule has 3 N–H and O–H groups in total. The number of fused-ring (bicyclic) bond motifs is 1. The summed E-state index contributed by atoms with van der Waals surface area (Å²) in [5, 5.41) is 0.464. The number of H-pyrrole nitrogens is 1. The number of aromatic nitrogens is 2. The van der Waals surface area contributed by atoms with Crippen LogP contribution in [0.2, 0.25) is 0 Å². The van der Waals surface area contributed by atoms with E-state index in [0.717, 1.165) is 0 Å². The van der Waals surface area contributed by atoms with E-state index in [0.29, 0.717) is 16.6 Å². The number of ether oxygens (including phenoxy) is 1. The first-order valence-corrected chi connectivity index (χ1v) is 4.04. The SMILES string of the molecule is COc1nc(=O)c2cc(N)ccc2[nH]1. The number of hydrogen-bond donors (Lipinski definition) is 2. The summed E-state index contributed by atoms with van der Waals surface area (Å²) in [4.78, 5) is 18.0. The van der Waals surface area contributed by atoms with Gasteiger partial charge in [-0.2, -0.15) is 4.98 Å². The van der Waals surface area contributed by atoms with Crippen molar-refractivity contribution >= 4 is 16.6 Å². The van der Waals surface area contributed by atoms with Gasteiger partial charge in [0, 0.05) is 5.69 Å². The molecule has 0 saturated carbocycles. The molecule has 0 unspecified atom stereocenters. The Labute approximate surface area is 79.5 Å². The fourth-order valence-electron chi connectivity index (χ4n) is 1.24. The Morgan fingerprint density at radius 1 is 1.50 bits per heavy atom. The van der Waals surface area contributed by atoms with Crippen LogP contribution in [0.3, 0.4) is 0 Å². The summed E-state index contributed by atoms with van der Waals surface area (Å²) in [6.07, 6.45) is 0.